The Bertz CT molecular complexity index is 286. The molecule has 0 amide bonds. The molecule has 1 aromatic heterocycles. The average molecular weight is 193 g/mol. The molecule has 0 aliphatic rings. The van der Waals surface area contributed by atoms with Crippen LogP contribution in [0, 0.1) is 5.92 Å². The fraction of sp³-hybridized carbons (Fsp3) is 0.583. The van der Waals surface area contributed by atoms with Gasteiger partial charge in [-0.3, -0.25) is 0 Å². The van der Waals surface area contributed by atoms with Crippen molar-refractivity contribution in [1.29, 1.82) is 0 Å². The molecule has 0 saturated heterocycles. The van der Waals surface area contributed by atoms with Crippen LogP contribution in [0.2, 0.25) is 0 Å². The van der Waals surface area contributed by atoms with Crippen molar-refractivity contribution in [3.63, 3.8) is 0 Å². The zero-order valence-electron chi connectivity index (χ0n) is 9.29. The minimum atomic E-state index is 0.691. The summed E-state index contributed by atoms with van der Waals surface area (Å²) in [5.74, 6) is 1.42. The van der Waals surface area contributed by atoms with Crippen LogP contribution in [0.25, 0.3) is 6.08 Å². The van der Waals surface area contributed by atoms with Gasteiger partial charge in [-0.15, -0.1) is 0 Å². The Kier molecular flexibility index (Phi) is 4.44. The second-order valence-electron chi connectivity index (χ2n) is 3.96. The van der Waals surface area contributed by atoms with E-state index >= 15 is 0 Å². The normalized spacial score (nSPS) is 11.7. The highest BCUT2D eigenvalue weighted by Crippen LogP contribution is 2.08. The number of rotatable bonds is 5. The first-order valence-corrected chi connectivity index (χ1v) is 5.33. The zero-order valence-corrected chi connectivity index (χ0v) is 9.29. The molecular weight excluding hydrogens is 174 g/mol. The summed E-state index contributed by atoms with van der Waals surface area (Å²) in [5.41, 5.74) is 1.05. The van der Waals surface area contributed by atoms with Crippen LogP contribution >= 0.6 is 0 Å². The van der Waals surface area contributed by atoms with Crippen LogP contribution in [-0.4, -0.2) is 4.98 Å². The summed E-state index contributed by atoms with van der Waals surface area (Å²) in [7, 11) is 0. The third kappa shape index (κ3) is 3.77. The highest BCUT2D eigenvalue weighted by atomic mass is 16.3. The van der Waals surface area contributed by atoms with Crippen molar-refractivity contribution < 1.29 is 4.42 Å². The molecule has 0 bridgehead atoms. The number of aromatic nitrogens is 1. The number of oxazole rings is 1. The van der Waals surface area contributed by atoms with Crippen molar-refractivity contribution in [3.8, 4) is 0 Å². The molecule has 0 aliphatic heterocycles. The van der Waals surface area contributed by atoms with Crippen LogP contribution in [0.3, 0.4) is 0 Å². The topological polar surface area (TPSA) is 26.0 Å². The third-order valence-electron chi connectivity index (χ3n) is 1.94. The fourth-order valence-electron chi connectivity index (χ4n) is 1.21. The summed E-state index contributed by atoms with van der Waals surface area (Å²) >= 11 is 0. The average Bonchev–Trinajstić information content (AvgIpc) is 2.53. The van der Waals surface area contributed by atoms with Gasteiger partial charge in [0.2, 0.25) is 5.89 Å². The predicted octanol–water partition coefficient (Wildman–Crippen LogP) is 3.69. The number of hydrogen-bond acceptors (Lipinski definition) is 2. The molecule has 0 N–H and O–H groups in total. The van der Waals surface area contributed by atoms with E-state index in [0.717, 1.165) is 30.8 Å². The second-order valence-corrected chi connectivity index (χ2v) is 3.96. The number of aryl methyl sites for hydroxylation is 1. The largest absolute Gasteiger partial charge is 0.445 e. The van der Waals surface area contributed by atoms with E-state index in [1.165, 1.54) is 0 Å². The summed E-state index contributed by atoms with van der Waals surface area (Å²) in [6, 6.07) is 0. The lowest BCUT2D eigenvalue weighted by Crippen LogP contribution is -1.83. The molecule has 0 atom stereocenters. The zero-order chi connectivity index (χ0) is 10.4. The first kappa shape index (κ1) is 11.0. The molecule has 0 spiro atoms. The van der Waals surface area contributed by atoms with E-state index in [9.17, 15) is 0 Å². The van der Waals surface area contributed by atoms with Gasteiger partial charge in [0.25, 0.3) is 0 Å². The van der Waals surface area contributed by atoms with Crippen LogP contribution < -0.4 is 0 Å². The van der Waals surface area contributed by atoms with Gasteiger partial charge in [-0.25, -0.2) is 4.98 Å². The standard InChI is InChI=1S/C12H19NO/c1-4-6-11-9-14-12(13-11)8-5-7-10(2)3/h5,8-10H,4,6-7H2,1-3H3/b8-5+. The Morgan fingerprint density at radius 3 is 2.93 bits per heavy atom. The highest BCUT2D eigenvalue weighted by molar-refractivity contribution is 5.37. The van der Waals surface area contributed by atoms with E-state index in [-0.39, 0.29) is 0 Å². The first-order chi connectivity index (χ1) is 6.72. The lowest BCUT2D eigenvalue weighted by atomic mass is 10.1. The van der Waals surface area contributed by atoms with Crippen LogP contribution in [0.1, 0.15) is 45.2 Å². The Morgan fingerprint density at radius 1 is 1.50 bits per heavy atom. The maximum Gasteiger partial charge on any atom is 0.218 e. The van der Waals surface area contributed by atoms with Gasteiger partial charge in [0.05, 0.1) is 5.69 Å². The molecule has 1 heterocycles. The molecular formula is C12H19NO. The molecule has 1 aromatic rings. The second kappa shape index (κ2) is 5.63. The van der Waals surface area contributed by atoms with Crippen LogP contribution in [0.5, 0.6) is 0 Å². The van der Waals surface area contributed by atoms with Crippen molar-refractivity contribution in [1.82, 2.24) is 4.98 Å². The van der Waals surface area contributed by atoms with Gasteiger partial charge in [0.1, 0.15) is 6.26 Å². The minimum Gasteiger partial charge on any atom is -0.445 e. The fourth-order valence-corrected chi connectivity index (χ4v) is 1.21. The molecule has 0 aromatic carbocycles. The van der Waals surface area contributed by atoms with Crippen LogP contribution in [0.15, 0.2) is 16.8 Å². The van der Waals surface area contributed by atoms with Gasteiger partial charge in [0.15, 0.2) is 0 Å². The van der Waals surface area contributed by atoms with Gasteiger partial charge in [-0.05, 0) is 24.8 Å². The molecule has 78 valence electrons. The van der Waals surface area contributed by atoms with Crippen molar-refractivity contribution >= 4 is 6.08 Å². The van der Waals surface area contributed by atoms with Crippen LogP contribution in [0.4, 0.5) is 0 Å². The SMILES string of the molecule is CCCc1coc(/C=C/CC(C)C)n1. The van der Waals surface area contributed by atoms with Gasteiger partial charge in [-0.1, -0.05) is 33.3 Å². The van der Waals surface area contributed by atoms with Gasteiger partial charge in [-0.2, -0.15) is 0 Å². The summed E-state index contributed by atoms with van der Waals surface area (Å²) in [4.78, 5) is 4.34. The molecule has 2 nitrogen and oxygen atoms in total. The minimum absolute atomic E-state index is 0.691. The molecule has 0 saturated carbocycles. The maximum atomic E-state index is 5.30. The molecule has 0 fully saturated rings. The Hall–Kier alpha value is -1.05. The summed E-state index contributed by atoms with van der Waals surface area (Å²) in [6.45, 7) is 6.54. The van der Waals surface area contributed by atoms with E-state index in [0.29, 0.717) is 5.92 Å². The van der Waals surface area contributed by atoms with E-state index < -0.39 is 0 Å². The number of hydrogen-bond donors (Lipinski definition) is 0. The molecule has 0 aliphatic carbocycles. The van der Waals surface area contributed by atoms with Gasteiger partial charge < -0.3 is 4.42 Å². The van der Waals surface area contributed by atoms with Crippen LogP contribution in [-0.2, 0) is 6.42 Å². The highest BCUT2D eigenvalue weighted by Gasteiger charge is 1.98. The monoisotopic (exact) mass is 193 g/mol. The van der Waals surface area contributed by atoms with E-state index in [2.05, 4.69) is 31.8 Å². The summed E-state index contributed by atoms with van der Waals surface area (Å²) < 4.78 is 5.30. The van der Waals surface area contributed by atoms with Crippen molar-refractivity contribution in [2.75, 3.05) is 0 Å². The molecule has 0 radical (unpaired) electrons. The summed E-state index contributed by atoms with van der Waals surface area (Å²) in [5, 5.41) is 0. The quantitative estimate of drug-likeness (QED) is 0.712. The molecule has 1 rings (SSSR count). The number of nitrogens with zero attached hydrogens (tertiary/aromatic N) is 1. The van der Waals surface area contributed by atoms with Crippen molar-refractivity contribution in [2.24, 2.45) is 5.92 Å². The van der Waals surface area contributed by atoms with Gasteiger partial charge >= 0.3 is 0 Å². The van der Waals surface area contributed by atoms with E-state index in [1.807, 2.05) is 6.08 Å². The summed E-state index contributed by atoms with van der Waals surface area (Å²) in [6.07, 6.45) is 9.01. The van der Waals surface area contributed by atoms with E-state index in [1.54, 1.807) is 6.26 Å². The Balaban J connectivity index is 2.46. The molecule has 14 heavy (non-hydrogen) atoms. The van der Waals surface area contributed by atoms with Gasteiger partial charge in [0, 0.05) is 0 Å². The maximum absolute atomic E-state index is 5.30. The van der Waals surface area contributed by atoms with Crippen molar-refractivity contribution in [3.05, 3.63) is 23.9 Å². The smallest absolute Gasteiger partial charge is 0.218 e. The first-order valence-electron chi connectivity index (χ1n) is 5.33. The Labute approximate surface area is 86.0 Å². The molecule has 0 unspecified atom stereocenters. The Morgan fingerprint density at radius 2 is 2.29 bits per heavy atom. The lowest BCUT2D eigenvalue weighted by Gasteiger charge is -1.94. The number of allylic oxidation sites excluding steroid dienone is 1. The lowest BCUT2D eigenvalue weighted by molar-refractivity contribution is 0.544. The van der Waals surface area contributed by atoms with Crippen molar-refractivity contribution in [2.45, 2.75) is 40.0 Å². The predicted molar refractivity (Wildman–Crippen MR) is 59.0 cm³/mol. The molecule has 2 heteroatoms. The third-order valence-corrected chi connectivity index (χ3v) is 1.94. The van der Waals surface area contributed by atoms with E-state index in [4.69, 9.17) is 4.42 Å².